The lowest BCUT2D eigenvalue weighted by molar-refractivity contribution is -0.135. The van der Waals surface area contributed by atoms with Crippen molar-refractivity contribution >= 4 is 19.2 Å². The fourth-order valence-electron chi connectivity index (χ4n) is 1.87. The topological polar surface area (TPSA) is 26.3 Å². The molecule has 0 aliphatic carbocycles. The maximum atomic E-state index is 11.6. The Labute approximate surface area is 116 Å². The quantitative estimate of drug-likeness (QED) is 0.365. The number of carbonyl (C=O) groups excluding carboxylic acids is 1. The Kier molecular flexibility index (Phi) is 5.30. The summed E-state index contributed by atoms with van der Waals surface area (Å²) in [7, 11) is -0.296. The third-order valence-corrected chi connectivity index (χ3v) is 7.48. The molecule has 0 N–H and O–H groups in total. The predicted octanol–water partition coefficient (Wildman–Crippen LogP) is 3.21. The first-order valence-corrected chi connectivity index (χ1v) is 9.42. The smallest absolute Gasteiger partial charge is 0.337 e. The maximum absolute atomic E-state index is 11.6. The van der Waals surface area contributed by atoms with Gasteiger partial charge in [0, 0.05) is 0 Å². The maximum Gasteiger partial charge on any atom is 0.337 e. The molecule has 0 unspecified atom stereocenters. The van der Waals surface area contributed by atoms with Crippen molar-refractivity contribution in [3.8, 4) is 0 Å². The van der Waals surface area contributed by atoms with Gasteiger partial charge in [-0.2, -0.15) is 0 Å². The first-order chi connectivity index (χ1) is 8.93. The molecule has 0 saturated heterocycles. The molecule has 0 atom stereocenters. The van der Waals surface area contributed by atoms with Gasteiger partial charge >= 0.3 is 5.97 Å². The van der Waals surface area contributed by atoms with E-state index in [2.05, 4.69) is 44.3 Å². The molecule has 102 valence electrons. The van der Waals surface area contributed by atoms with E-state index in [-0.39, 0.29) is 5.97 Å². The van der Waals surface area contributed by atoms with Gasteiger partial charge in [0.05, 0.1) is 12.7 Å². The largest absolute Gasteiger partial charge is 0.465 e. The Balaban J connectivity index is 3.11. The van der Waals surface area contributed by atoms with Crippen LogP contribution in [0.25, 0.3) is 0 Å². The molecule has 1 aromatic carbocycles. The lowest BCUT2D eigenvalue weighted by atomic mass is 10.2. The van der Waals surface area contributed by atoms with Gasteiger partial charge in [0.2, 0.25) is 0 Å². The number of ether oxygens (including phenoxy) is 1. The standard InChI is InChI=1S/C16H22O2Si/c1-6-14(16(17)18-3)12-13(2)19(4,5)15-10-8-7-9-11-15/h6-12H,1-5H3/b13-12+,14-6+. The van der Waals surface area contributed by atoms with Crippen LogP contribution in [0.1, 0.15) is 13.8 Å². The van der Waals surface area contributed by atoms with Gasteiger partial charge in [0.1, 0.15) is 8.07 Å². The minimum absolute atomic E-state index is 0.278. The van der Waals surface area contributed by atoms with Crippen molar-refractivity contribution in [1.82, 2.24) is 0 Å². The summed E-state index contributed by atoms with van der Waals surface area (Å²) in [5, 5.41) is 2.63. The molecule has 0 spiro atoms. The Morgan fingerprint density at radius 1 is 1.21 bits per heavy atom. The van der Waals surface area contributed by atoms with E-state index in [1.807, 2.05) is 19.1 Å². The SMILES string of the molecule is C/C=C(\C=C(/C)[Si](C)(C)c1ccccc1)C(=O)OC. The average molecular weight is 274 g/mol. The van der Waals surface area contributed by atoms with Gasteiger partial charge < -0.3 is 4.74 Å². The lowest BCUT2D eigenvalue weighted by Crippen LogP contribution is -2.43. The van der Waals surface area contributed by atoms with Crippen molar-refractivity contribution in [2.75, 3.05) is 7.11 Å². The number of hydrogen-bond donors (Lipinski definition) is 0. The number of allylic oxidation sites excluding steroid dienone is 2. The molecule has 0 aliphatic rings. The summed E-state index contributed by atoms with van der Waals surface area (Å²) in [5.74, 6) is -0.278. The Morgan fingerprint density at radius 2 is 1.79 bits per heavy atom. The highest BCUT2D eigenvalue weighted by molar-refractivity contribution is 6.95. The van der Waals surface area contributed by atoms with Gasteiger partial charge in [-0.25, -0.2) is 4.79 Å². The summed E-state index contributed by atoms with van der Waals surface area (Å²) < 4.78 is 4.79. The van der Waals surface area contributed by atoms with E-state index in [0.29, 0.717) is 5.57 Å². The molecular formula is C16H22O2Si. The van der Waals surface area contributed by atoms with Crippen molar-refractivity contribution in [3.05, 3.63) is 53.3 Å². The van der Waals surface area contributed by atoms with Crippen molar-refractivity contribution in [3.63, 3.8) is 0 Å². The molecule has 0 aromatic heterocycles. The zero-order valence-corrected chi connectivity index (χ0v) is 13.4. The third-order valence-electron chi connectivity index (χ3n) is 3.59. The van der Waals surface area contributed by atoms with Gasteiger partial charge in [-0.15, -0.1) is 0 Å². The molecule has 1 aromatic rings. The van der Waals surface area contributed by atoms with Crippen LogP contribution < -0.4 is 5.19 Å². The first-order valence-electron chi connectivity index (χ1n) is 6.42. The van der Waals surface area contributed by atoms with Crippen LogP contribution in [0.4, 0.5) is 0 Å². The number of rotatable bonds is 4. The van der Waals surface area contributed by atoms with Gasteiger partial charge in [-0.3, -0.25) is 0 Å². The van der Waals surface area contributed by atoms with Crippen LogP contribution in [0, 0.1) is 0 Å². The number of benzene rings is 1. The minimum atomic E-state index is -1.71. The summed E-state index contributed by atoms with van der Waals surface area (Å²) >= 11 is 0. The fourth-order valence-corrected chi connectivity index (χ4v) is 3.87. The Morgan fingerprint density at radius 3 is 2.26 bits per heavy atom. The summed E-state index contributed by atoms with van der Waals surface area (Å²) in [4.78, 5) is 11.6. The van der Waals surface area contributed by atoms with Crippen LogP contribution in [0.2, 0.25) is 13.1 Å². The van der Waals surface area contributed by atoms with Crippen LogP contribution >= 0.6 is 0 Å². The normalized spacial score (nSPS) is 13.3. The number of hydrogen-bond acceptors (Lipinski definition) is 2. The highest BCUT2D eigenvalue weighted by Gasteiger charge is 2.25. The molecule has 0 heterocycles. The van der Waals surface area contributed by atoms with Crippen LogP contribution in [-0.2, 0) is 9.53 Å². The van der Waals surface area contributed by atoms with E-state index in [9.17, 15) is 4.79 Å². The molecular weight excluding hydrogens is 252 g/mol. The molecule has 0 radical (unpaired) electrons. The minimum Gasteiger partial charge on any atom is -0.465 e. The average Bonchev–Trinajstić information content (AvgIpc) is 2.44. The Bertz CT molecular complexity index is 499. The van der Waals surface area contributed by atoms with Gasteiger partial charge in [0.15, 0.2) is 0 Å². The van der Waals surface area contributed by atoms with Gasteiger partial charge in [-0.05, 0) is 13.8 Å². The molecule has 0 bridgehead atoms. The number of methoxy groups -OCH3 is 1. The van der Waals surface area contributed by atoms with Crippen molar-refractivity contribution < 1.29 is 9.53 Å². The molecule has 0 fully saturated rings. The lowest BCUT2D eigenvalue weighted by Gasteiger charge is -2.24. The zero-order valence-electron chi connectivity index (χ0n) is 12.4. The van der Waals surface area contributed by atoms with Gasteiger partial charge in [-0.1, -0.05) is 66.0 Å². The van der Waals surface area contributed by atoms with Crippen LogP contribution in [0.5, 0.6) is 0 Å². The van der Waals surface area contributed by atoms with E-state index in [4.69, 9.17) is 4.74 Å². The molecule has 2 nitrogen and oxygen atoms in total. The first kappa shape index (κ1) is 15.4. The van der Waals surface area contributed by atoms with E-state index >= 15 is 0 Å². The molecule has 0 amide bonds. The van der Waals surface area contributed by atoms with E-state index in [1.54, 1.807) is 6.08 Å². The van der Waals surface area contributed by atoms with E-state index in [0.717, 1.165) is 0 Å². The third kappa shape index (κ3) is 3.67. The summed E-state index contributed by atoms with van der Waals surface area (Å²) in [6.07, 6.45) is 3.76. The molecule has 1 rings (SSSR count). The van der Waals surface area contributed by atoms with Crippen molar-refractivity contribution in [2.45, 2.75) is 26.9 Å². The molecule has 0 aliphatic heterocycles. The van der Waals surface area contributed by atoms with Crippen LogP contribution in [0.3, 0.4) is 0 Å². The van der Waals surface area contributed by atoms with E-state index in [1.165, 1.54) is 17.5 Å². The molecule has 3 heteroatoms. The summed E-state index contributed by atoms with van der Waals surface area (Å²) in [5.41, 5.74) is 0.622. The zero-order chi connectivity index (χ0) is 14.5. The van der Waals surface area contributed by atoms with Crippen molar-refractivity contribution in [1.29, 1.82) is 0 Å². The molecule has 0 saturated carbocycles. The summed E-state index contributed by atoms with van der Waals surface area (Å²) in [6.45, 7) is 8.54. The summed E-state index contributed by atoms with van der Waals surface area (Å²) in [6, 6.07) is 10.5. The number of esters is 1. The molecule has 19 heavy (non-hydrogen) atoms. The predicted molar refractivity (Wildman–Crippen MR) is 83.1 cm³/mol. The second-order valence-corrected chi connectivity index (χ2v) is 9.67. The second-order valence-electron chi connectivity index (χ2n) is 5.05. The van der Waals surface area contributed by atoms with E-state index < -0.39 is 8.07 Å². The van der Waals surface area contributed by atoms with Crippen molar-refractivity contribution in [2.24, 2.45) is 0 Å². The highest BCUT2D eigenvalue weighted by Crippen LogP contribution is 2.17. The second kappa shape index (κ2) is 6.52. The highest BCUT2D eigenvalue weighted by atomic mass is 28.3. The van der Waals surface area contributed by atoms with Gasteiger partial charge in [0.25, 0.3) is 0 Å². The fraction of sp³-hybridized carbons (Fsp3) is 0.312. The van der Waals surface area contributed by atoms with Crippen LogP contribution in [-0.4, -0.2) is 21.2 Å². The Hall–Kier alpha value is -1.61. The monoisotopic (exact) mass is 274 g/mol. The number of carbonyl (C=O) groups is 1. The van der Waals surface area contributed by atoms with Crippen LogP contribution in [0.15, 0.2) is 53.3 Å².